The van der Waals surface area contributed by atoms with Crippen LogP contribution in [-0.4, -0.2) is 50.6 Å². The molecule has 0 saturated carbocycles. The van der Waals surface area contributed by atoms with E-state index in [9.17, 15) is 4.79 Å². The summed E-state index contributed by atoms with van der Waals surface area (Å²) in [4.78, 5) is 20.4. The van der Waals surface area contributed by atoms with E-state index in [2.05, 4.69) is 64.4 Å². The van der Waals surface area contributed by atoms with E-state index in [1.807, 2.05) is 23.1 Å². The first-order chi connectivity index (χ1) is 17.2. The number of methoxy groups -OCH3 is 1. The first kappa shape index (κ1) is 23.4. The number of fused-ring (bicyclic) bond motifs is 2. The summed E-state index contributed by atoms with van der Waals surface area (Å²) in [6.45, 7) is 5.20. The van der Waals surface area contributed by atoms with Gasteiger partial charge >= 0.3 is 0 Å². The number of unbranched alkanes of at least 4 members (excludes halogenated alkanes) is 1. The molecule has 0 radical (unpaired) electrons. The highest BCUT2D eigenvalue weighted by molar-refractivity contribution is 6.02. The highest BCUT2D eigenvalue weighted by Crippen LogP contribution is 2.36. The molecule has 0 spiro atoms. The third kappa shape index (κ3) is 5.35. The Balaban J connectivity index is 1.14. The molecule has 1 amide bonds. The van der Waals surface area contributed by atoms with E-state index in [-0.39, 0.29) is 5.91 Å². The van der Waals surface area contributed by atoms with E-state index in [0.717, 1.165) is 75.5 Å². The zero-order chi connectivity index (χ0) is 24.0. The molecule has 0 bridgehead atoms. The average molecular weight is 470 g/mol. The summed E-state index contributed by atoms with van der Waals surface area (Å²) in [6, 6.07) is 25.0. The summed E-state index contributed by atoms with van der Waals surface area (Å²) in [6.07, 6.45) is 4.47. The SMILES string of the molecule is COc1cccc(N2CCN(CCCCC(=O)N3c4ccccc4CCc4ccccc43)CC2)c1. The number of ether oxygens (including phenoxy) is 1. The number of carbonyl (C=O) groups is 1. The minimum atomic E-state index is 0.203. The van der Waals surface area contributed by atoms with Gasteiger partial charge < -0.3 is 9.64 Å². The summed E-state index contributed by atoms with van der Waals surface area (Å²) >= 11 is 0. The second-order valence-corrected chi connectivity index (χ2v) is 9.47. The van der Waals surface area contributed by atoms with Crippen molar-refractivity contribution >= 4 is 23.0 Å². The van der Waals surface area contributed by atoms with Crippen LogP contribution in [0.2, 0.25) is 0 Å². The molecule has 5 rings (SSSR count). The van der Waals surface area contributed by atoms with Crippen molar-refractivity contribution in [1.82, 2.24) is 4.90 Å². The number of piperazine rings is 1. The molecule has 2 heterocycles. The van der Waals surface area contributed by atoms with Crippen molar-refractivity contribution in [2.45, 2.75) is 32.1 Å². The van der Waals surface area contributed by atoms with E-state index >= 15 is 0 Å². The Kier molecular flexibility index (Phi) is 7.34. The fraction of sp³-hybridized carbons (Fsp3) is 0.367. The molecule has 0 N–H and O–H groups in total. The van der Waals surface area contributed by atoms with Gasteiger partial charge in [-0.1, -0.05) is 42.5 Å². The molecule has 5 nitrogen and oxygen atoms in total. The molecule has 0 atom stereocenters. The zero-order valence-electron chi connectivity index (χ0n) is 20.7. The Hall–Kier alpha value is -3.31. The lowest BCUT2D eigenvalue weighted by atomic mass is 10.0. The smallest absolute Gasteiger partial charge is 0.231 e. The van der Waals surface area contributed by atoms with Gasteiger partial charge in [-0.2, -0.15) is 0 Å². The van der Waals surface area contributed by atoms with E-state index in [4.69, 9.17) is 4.74 Å². The van der Waals surface area contributed by atoms with Crippen LogP contribution >= 0.6 is 0 Å². The first-order valence-electron chi connectivity index (χ1n) is 12.8. The van der Waals surface area contributed by atoms with E-state index in [1.165, 1.54) is 16.8 Å². The molecule has 182 valence electrons. The number of nitrogens with zero attached hydrogens (tertiary/aromatic N) is 3. The Morgan fingerprint density at radius 1 is 0.800 bits per heavy atom. The molecule has 0 aliphatic carbocycles. The van der Waals surface area contributed by atoms with Crippen LogP contribution in [0.4, 0.5) is 17.1 Å². The van der Waals surface area contributed by atoms with Crippen molar-refractivity contribution in [2.24, 2.45) is 0 Å². The molecule has 0 aromatic heterocycles. The Bertz CT molecular complexity index is 1110. The van der Waals surface area contributed by atoms with Gasteiger partial charge in [0, 0.05) is 44.4 Å². The first-order valence-corrected chi connectivity index (χ1v) is 12.8. The highest BCUT2D eigenvalue weighted by atomic mass is 16.5. The third-order valence-electron chi connectivity index (χ3n) is 7.28. The molecule has 35 heavy (non-hydrogen) atoms. The van der Waals surface area contributed by atoms with Crippen molar-refractivity contribution < 1.29 is 9.53 Å². The molecule has 2 aliphatic heterocycles. The van der Waals surface area contributed by atoms with Crippen LogP contribution in [-0.2, 0) is 17.6 Å². The molecule has 3 aromatic rings. The fourth-order valence-electron chi connectivity index (χ4n) is 5.31. The highest BCUT2D eigenvalue weighted by Gasteiger charge is 2.25. The number of para-hydroxylation sites is 2. The van der Waals surface area contributed by atoms with Crippen LogP contribution in [0.15, 0.2) is 72.8 Å². The number of hydrogen-bond acceptors (Lipinski definition) is 4. The number of hydrogen-bond donors (Lipinski definition) is 0. The number of rotatable bonds is 7. The van der Waals surface area contributed by atoms with Crippen LogP contribution in [0.3, 0.4) is 0 Å². The molecule has 0 unspecified atom stereocenters. The van der Waals surface area contributed by atoms with Crippen LogP contribution in [0.25, 0.3) is 0 Å². The third-order valence-corrected chi connectivity index (χ3v) is 7.28. The number of amides is 1. The van der Waals surface area contributed by atoms with E-state index in [0.29, 0.717) is 6.42 Å². The lowest BCUT2D eigenvalue weighted by Crippen LogP contribution is -2.46. The van der Waals surface area contributed by atoms with Crippen molar-refractivity contribution in [3.05, 3.63) is 83.9 Å². The molecule has 3 aromatic carbocycles. The van der Waals surface area contributed by atoms with E-state index < -0.39 is 0 Å². The van der Waals surface area contributed by atoms with Gasteiger partial charge in [0.05, 0.1) is 18.5 Å². The molecule has 1 saturated heterocycles. The van der Waals surface area contributed by atoms with Gasteiger partial charge in [0.1, 0.15) is 5.75 Å². The van der Waals surface area contributed by atoms with Crippen molar-refractivity contribution in [3.63, 3.8) is 0 Å². The second-order valence-electron chi connectivity index (χ2n) is 9.47. The molecule has 5 heteroatoms. The lowest BCUT2D eigenvalue weighted by Gasteiger charge is -2.36. The van der Waals surface area contributed by atoms with Gasteiger partial charge in [0.15, 0.2) is 0 Å². The quantitative estimate of drug-likeness (QED) is 0.431. The zero-order valence-corrected chi connectivity index (χ0v) is 20.7. The number of benzene rings is 3. The summed E-state index contributed by atoms with van der Waals surface area (Å²) in [5.74, 6) is 1.11. The Morgan fingerprint density at radius 3 is 2.11 bits per heavy atom. The number of aryl methyl sites for hydroxylation is 2. The molecule has 1 fully saturated rings. The molecular weight excluding hydrogens is 434 g/mol. The minimum absolute atomic E-state index is 0.203. The van der Waals surface area contributed by atoms with E-state index in [1.54, 1.807) is 7.11 Å². The van der Waals surface area contributed by atoms with Crippen LogP contribution in [0, 0.1) is 0 Å². The maximum absolute atomic E-state index is 13.5. The van der Waals surface area contributed by atoms with Gasteiger partial charge in [-0.05, 0) is 67.6 Å². The Labute approximate surface area is 208 Å². The lowest BCUT2D eigenvalue weighted by molar-refractivity contribution is -0.118. The van der Waals surface area contributed by atoms with Crippen LogP contribution < -0.4 is 14.5 Å². The van der Waals surface area contributed by atoms with Crippen LogP contribution in [0.5, 0.6) is 5.75 Å². The maximum atomic E-state index is 13.5. The normalized spacial score (nSPS) is 15.8. The molecule has 2 aliphatic rings. The number of carbonyl (C=O) groups excluding carboxylic acids is 1. The number of anilines is 3. The predicted molar refractivity (Wildman–Crippen MR) is 143 cm³/mol. The van der Waals surface area contributed by atoms with Gasteiger partial charge in [0.2, 0.25) is 5.91 Å². The summed E-state index contributed by atoms with van der Waals surface area (Å²) in [7, 11) is 1.71. The van der Waals surface area contributed by atoms with Gasteiger partial charge in [-0.15, -0.1) is 0 Å². The summed E-state index contributed by atoms with van der Waals surface area (Å²) in [5.41, 5.74) is 5.84. The maximum Gasteiger partial charge on any atom is 0.231 e. The van der Waals surface area contributed by atoms with Gasteiger partial charge in [-0.3, -0.25) is 14.6 Å². The van der Waals surface area contributed by atoms with Crippen molar-refractivity contribution in [1.29, 1.82) is 0 Å². The summed E-state index contributed by atoms with van der Waals surface area (Å²) < 4.78 is 5.37. The molecular formula is C30H35N3O2. The van der Waals surface area contributed by atoms with Crippen molar-refractivity contribution in [3.8, 4) is 5.75 Å². The summed E-state index contributed by atoms with van der Waals surface area (Å²) in [5, 5.41) is 0. The van der Waals surface area contributed by atoms with Gasteiger partial charge in [-0.25, -0.2) is 0 Å². The largest absolute Gasteiger partial charge is 0.497 e. The van der Waals surface area contributed by atoms with Crippen molar-refractivity contribution in [2.75, 3.05) is 49.6 Å². The fourth-order valence-corrected chi connectivity index (χ4v) is 5.31. The van der Waals surface area contributed by atoms with Crippen LogP contribution in [0.1, 0.15) is 30.4 Å². The predicted octanol–water partition coefficient (Wildman–Crippen LogP) is 5.45. The minimum Gasteiger partial charge on any atom is -0.497 e. The Morgan fingerprint density at radius 2 is 1.46 bits per heavy atom. The monoisotopic (exact) mass is 469 g/mol. The second kappa shape index (κ2) is 11.0. The topological polar surface area (TPSA) is 36.0 Å². The van der Waals surface area contributed by atoms with Gasteiger partial charge in [0.25, 0.3) is 0 Å². The average Bonchev–Trinajstić information content (AvgIpc) is 3.08. The standard InChI is InChI=1S/C30H35N3O2/c1-35-27-12-8-11-26(23-27)32-21-19-31(20-22-32)18-7-6-15-30(34)33-28-13-4-2-9-24(28)16-17-25-10-3-5-14-29(25)33/h2-5,8-14,23H,6-7,15-22H2,1H3.